The fourth-order valence-corrected chi connectivity index (χ4v) is 4.14. The van der Waals surface area contributed by atoms with Crippen LogP contribution in [0, 0.1) is 11.3 Å². The molecule has 0 N–H and O–H groups in total. The molecule has 6 nitrogen and oxygen atoms in total. The maximum absolute atomic E-state index is 12.9. The van der Waals surface area contributed by atoms with Crippen LogP contribution in [0.3, 0.4) is 0 Å². The monoisotopic (exact) mass is 404 g/mol. The van der Waals surface area contributed by atoms with Crippen LogP contribution in [0.2, 0.25) is 0 Å². The molecule has 2 saturated heterocycles. The highest BCUT2D eigenvalue weighted by molar-refractivity contribution is 6.01. The molecule has 0 atom stereocenters. The molecule has 1 aromatic carbocycles. The van der Waals surface area contributed by atoms with Crippen molar-refractivity contribution in [2.75, 3.05) is 49.1 Å². The van der Waals surface area contributed by atoms with Crippen LogP contribution in [0.25, 0.3) is 6.08 Å². The van der Waals surface area contributed by atoms with E-state index >= 15 is 0 Å². The zero-order valence-electron chi connectivity index (χ0n) is 17.3. The maximum atomic E-state index is 12.9. The van der Waals surface area contributed by atoms with Gasteiger partial charge in [0.1, 0.15) is 17.4 Å². The second-order valence-electron chi connectivity index (χ2n) is 7.86. The first-order chi connectivity index (χ1) is 14.7. The van der Waals surface area contributed by atoms with E-state index in [4.69, 9.17) is 4.42 Å². The quantitative estimate of drug-likeness (QED) is 0.571. The van der Waals surface area contributed by atoms with Gasteiger partial charge < -0.3 is 19.1 Å². The molecule has 0 radical (unpaired) electrons. The van der Waals surface area contributed by atoms with Gasteiger partial charge in [-0.05, 0) is 31.0 Å². The van der Waals surface area contributed by atoms with Crippen molar-refractivity contribution in [1.82, 2.24) is 4.90 Å². The summed E-state index contributed by atoms with van der Waals surface area (Å²) in [5.41, 5.74) is 1.29. The molecule has 6 heteroatoms. The topological polar surface area (TPSA) is 63.7 Å². The van der Waals surface area contributed by atoms with Crippen LogP contribution in [-0.4, -0.2) is 50.1 Å². The van der Waals surface area contributed by atoms with Crippen molar-refractivity contribution in [3.05, 3.63) is 53.8 Å². The third kappa shape index (κ3) is 4.68. The summed E-state index contributed by atoms with van der Waals surface area (Å²) in [6.07, 6.45) is 6.43. The lowest BCUT2D eigenvalue weighted by atomic mass is 10.2. The van der Waals surface area contributed by atoms with Crippen LogP contribution in [-0.2, 0) is 4.79 Å². The Balaban J connectivity index is 1.39. The van der Waals surface area contributed by atoms with Crippen LogP contribution in [0.5, 0.6) is 0 Å². The van der Waals surface area contributed by atoms with Gasteiger partial charge in [-0.15, -0.1) is 0 Å². The molecule has 3 heterocycles. The lowest BCUT2D eigenvalue weighted by Crippen LogP contribution is -2.49. The van der Waals surface area contributed by atoms with E-state index in [0.717, 1.165) is 37.8 Å². The van der Waals surface area contributed by atoms with Crippen LogP contribution in [0.4, 0.5) is 11.6 Å². The molecule has 2 aromatic rings. The number of carbonyl (C=O) groups excluding carboxylic acids is 1. The summed E-state index contributed by atoms with van der Waals surface area (Å²) in [5, 5.41) is 9.58. The lowest BCUT2D eigenvalue weighted by molar-refractivity contribution is -0.126. The number of rotatable bonds is 4. The van der Waals surface area contributed by atoms with E-state index in [2.05, 4.69) is 28.0 Å². The SMILES string of the molecule is N#C/C(=C/c1ccc(N2CCCCCC2)o1)C(=O)N1CCN(c2ccccc2)CC1. The first-order valence-corrected chi connectivity index (χ1v) is 10.8. The van der Waals surface area contributed by atoms with Gasteiger partial charge in [-0.3, -0.25) is 4.79 Å². The van der Waals surface area contributed by atoms with Gasteiger partial charge in [0.25, 0.3) is 5.91 Å². The fourth-order valence-electron chi connectivity index (χ4n) is 4.14. The third-order valence-corrected chi connectivity index (χ3v) is 5.86. The van der Waals surface area contributed by atoms with Crippen LogP contribution < -0.4 is 9.80 Å². The number of anilines is 2. The number of carbonyl (C=O) groups is 1. The van der Waals surface area contributed by atoms with E-state index in [-0.39, 0.29) is 11.5 Å². The van der Waals surface area contributed by atoms with E-state index in [0.29, 0.717) is 18.8 Å². The molecule has 0 unspecified atom stereocenters. The van der Waals surface area contributed by atoms with Gasteiger partial charge in [-0.25, -0.2) is 0 Å². The highest BCUT2D eigenvalue weighted by atomic mass is 16.4. The Kier molecular flexibility index (Phi) is 6.38. The van der Waals surface area contributed by atoms with Gasteiger partial charge in [0.15, 0.2) is 5.88 Å². The normalized spacial score (nSPS) is 18.1. The summed E-state index contributed by atoms with van der Waals surface area (Å²) >= 11 is 0. The molecular weight excluding hydrogens is 376 g/mol. The molecular formula is C24H28N4O2. The molecule has 1 amide bonds. The molecule has 156 valence electrons. The summed E-state index contributed by atoms with van der Waals surface area (Å²) in [6.45, 7) is 4.70. The van der Waals surface area contributed by atoms with E-state index in [1.807, 2.05) is 30.3 Å². The highest BCUT2D eigenvalue weighted by Crippen LogP contribution is 2.24. The number of nitrogens with zero attached hydrogens (tertiary/aromatic N) is 4. The maximum Gasteiger partial charge on any atom is 0.264 e. The number of piperazine rings is 1. The van der Waals surface area contributed by atoms with E-state index in [1.165, 1.54) is 25.7 Å². The number of para-hydroxylation sites is 1. The number of hydrogen-bond acceptors (Lipinski definition) is 5. The summed E-state index contributed by atoms with van der Waals surface area (Å²) < 4.78 is 5.94. The van der Waals surface area contributed by atoms with Crippen molar-refractivity contribution in [3.8, 4) is 6.07 Å². The zero-order chi connectivity index (χ0) is 20.8. The lowest BCUT2D eigenvalue weighted by Gasteiger charge is -2.36. The Morgan fingerprint density at radius 1 is 0.867 bits per heavy atom. The van der Waals surface area contributed by atoms with E-state index in [9.17, 15) is 10.1 Å². The molecule has 0 spiro atoms. The van der Waals surface area contributed by atoms with Gasteiger partial charge in [0.05, 0.1) is 0 Å². The Morgan fingerprint density at radius 2 is 1.57 bits per heavy atom. The average molecular weight is 405 g/mol. The summed E-state index contributed by atoms with van der Waals surface area (Å²) in [7, 11) is 0. The minimum atomic E-state index is -0.224. The molecule has 0 saturated carbocycles. The van der Waals surface area contributed by atoms with Gasteiger partial charge in [-0.1, -0.05) is 31.0 Å². The molecule has 0 bridgehead atoms. The number of furan rings is 1. The van der Waals surface area contributed by atoms with Crippen molar-refractivity contribution in [3.63, 3.8) is 0 Å². The predicted octanol–water partition coefficient (Wildman–Crippen LogP) is 3.92. The molecule has 2 aliphatic heterocycles. The zero-order valence-corrected chi connectivity index (χ0v) is 17.3. The minimum Gasteiger partial charge on any atom is -0.441 e. The van der Waals surface area contributed by atoms with Gasteiger partial charge >= 0.3 is 0 Å². The Morgan fingerprint density at radius 3 is 2.23 bits per heavy atom. The fraction of sp³-hybridized carbons (Fsp3) is 0.417. The Bertz CT molecular complexity index is 912. The molecule has 4 rings (SSSR count). The number of nitriles is 1. The predicted molar refractivity (Wildman–Crippen MR) is 118 cm³/mol. The molecule has 30 heavy (non-hydrogen) atoms. The molecule has 1 aromatic heterocycles. The molecule has 2 fully saturated rings. The smallest absolute Gasteiger partial charge is 0.264 e. The van der Waals surface area contributed by atoms with Gasteiger partial charge in [0, 0.05) is 57.1 Å². The van der Waals surface area contributed by atoms with Crippen LogP contribution >= 0.6 is 0 Å². The van der Waals surface area contributed by atoms with Gasteiger partial charge in [-0.2, -0.15) is 5.26 Å². The van der Waals surface area contributed by atoms with Crippen LogP contribution in [0.15, 0.2) is 52.5 Å². The first kappa shape index (κ1) is 20.1. The minimum absolute atomic E-state index is 0.125. The van der Waals surface area contributed by atoms with Crippen molar-refractivity contribution in [2.45, 2.75) is 25.7 Å². The van der Waals surface area contributed by atoms with Crippen molar-refractivity contribution >= 4 is 23.6 Å². The first-order valence-electron chi connectivity index (χ1n) is 10.8. The largest absolute Gasteiger partial charge is 0.441 e. The summed E-state index contributed by atoms with van der Waals surface area (Å²) in [4.78, 5) is 19.2. The standard InChI is InChI=1S/C24H28N4O2/c25-19-20(18-22-10-11-23(30-22)27-12-6-1-2-7-13-27)24(29)28-16-14-26(15-17-28)21-8-4-3-5-9-21/h3-5,8-11,18H,1-2,6-7,12-17H2/b20-18-. The van der Waals surface area contributed by atoms with Crippen molar-refractivity contribution in [1.29, 1.82) is 5.26 Å². The molecule has 2 aliphatic rings. The number of benzene rings is 1. The number of amides is 1. The van der Waals surface area contributed by atoms with Crippen LogP contribution in [0.1, 0.15) is 31.4 Å². The second kappa shape index (κ2) is 9.53. The summed E-state index contributed by atoms with van der Waals surface area (Å²) in [5.74, 6) is 1.16. The van der Waals surface area contributed by atoms with Crippen molar-refractivity contribution in [2.24, 2.45) is 0 Å². The van der Waals surface area contributed by atoms with E-state index < -0.39 is 0 Å². The highest BCUT2D eigenvalue weighted by Gasteiger charge is 2.24. The number of hydrogen-bond donors (Lipinski definition) is 0. The van der Waals surface area contributed by atoms with Crippen molar-refractivity contribution < 1.29 is 9.21 Å². The molecule has 0 aliphatic carbocycles. The average Bonchev–Trinajstić information content (AvgIpc) is 3.10. The Labute approximate surface area is 178 Å². The Hall–Kier alpha value is -3.20. The second-order valence-corrected chi connectivity index (χ2v) is 7.86. The van der Waals surface area contributed by atoms with Gasteiger partial charge in [0.2, 0.25) is 0 Å². The summed E-state index contributed by atoms with van der Waals surface area (Å²) in [6, 6.07) is 16.1. The van der Waals surface area contributed by atoms with E-state index in [1.54, 1.807) is 11.0 Å². The third-order valence-electron chi connectivity index (χ3n) is 5.86.